The van der Waals surface area contributed by atoms with E-state index in [-0.39, 0.29) is 0 Å². The molecule has 1 heterocycles. The van der Waals surface area contributed by atoms with Crippen molar-refractivity contribution in [3.8, 4) is 6.07 Å². The van der Waals surface area contributed by atoms with Crippen molar-refractivity contribution < 1.29 is 4.74 Å². The van der Waals surface area contributed by atoms with Gasteiger partial charge in [-0.1, -0.05) is 11.6 Å². The average molecular weight is 223 g/mol. The summed E-state index contributed by atoms with van der Waals surface area (Å²) >= 11 is 5.92. The lowest BCUT2D eigenvalue weighted by molar-refractivity contribution is 0.195. The van der Waals surface area contributed by atoms with E-state index < -0.39 is 0 Å². The Morgan fingerprint density at radius 2 is 2.40 bits per heavy atom. The van der Waals surface area contributed by atoms with Crippen LogP contribution in [0.3, 0.4) is 0 Å². The van der Waals surface area contributed by atoms with Crippen molar-refractivity contribution in [2.24, 2.45) is 0 Å². The van der Waals surface area contributed by atoms with E-state index in [1.165, 1.54) is 0 Å². The van der Waals surface area contributed by atoms with Gasteiger partial charge in [0.25, 0.3) is 0 Å². The van der Waals surface area contributed by atoms with Crippen molar-refractivity contribution in [2.45, 2.75) is 12.5 Å². The first-order valence-electron chi connectivity index (χ1n) is 4.83. The molecule has 78 valence electrons. The van der Waals surface area contributed by atoms with Crippen LogP contribution in [0, 0.1) is 11.3 Å². The summed E-state index contributed by atoms with van der Waals surface area (Å²) in [4.78, 5) is 0. The minimum atomic E-state index is 0.356. The normalized spacial score (nSPS) is 19.9. The minimum Gasteiger partial charge on any atom is -0.380 e. The van der Waals surface area contributed by atoms with Crippen LogP contribution in [0.2, 0.25) is 5.02 Å². The summed E-state index contributed by atoms with van der Waals surface area (Å²) in [6.07, 6.45) is 1.01. The second kappa shape index (κ2) is 4.52. The Hall–Kier alpha value is -1.24. The van der Waals surface area contributed by atoms with Crippen molar-refractivity contribution in [1.82, 2.24) is 0 Å². The number of ether oxygens (including phenoxy) is 1. The van der Waals surface area contributed by atoms with E-state index in [0.29, 0.717) is 16.6 Å². The van der Waals surface area contributed by atoms with Crippen LogP contribution in [0.4, 0.5) is 5.69 Å². The van der Waals surface area contributed by atoms with Gasteiger partial charge in [-0.25, -0.2) is 0 Å². The molecular formula is C11H11ClN2O. The Balaban J connectivity index is 2.09. The van der Waals surface area contributed by atoms with E-state index in [1.807, 2.05) is 12.1 Å². The van der Waals surface area contributed by atoms with Gasteiger partial charge in [0.05, 0.1) is 23.2 Å². The van der Waals surface area contributed by atoms with Crippen LogP contribution >= 0.6 is 11.6 Å². The summed E-state index contributed by atoms with van der Waals surface area (Å²) in [5, 5.41) is 12.5. The molecule has 1 unspecified atom stereocenters. The van der Waals surface area contributed by atoms with Gasteiger partial charge in [-0.15, -0.1) is 0 Å². The fourth-order valence-corrected chi connectivity index (χ4v) is 1.80. The molecule has 1 N–H and O–H groups in total. The van der Waals surface area contributed by atoms with Crippen molar-refractivity contribution in [1.29, 1.82) is 5.26 Å². The topological polar surface area (TPSA) is 45.0 Å². The van der Waals surface area contributed by atoms with E-state index >= 15 is 0 Å². The molecule has 1 aliphatic rings. The van der Waals surface area contributed by atoms with Gasteiger partial charge in [-0.3, -0.25) is 0 Å². The third kappa shape index (κ3) is 2.41. The zero-order valence-corrected chi connectivity index (χ0v) is 8.92. The van der Waals surface area contributed by atoms with Crippen LogP contribution in [0.1, 0.15) is 12.0 Å². The lowest BCUT2D eigenvalue weighted by Crippen LogP contribution is -2.18. The van der Waals surface area contributed by atoms with Gasteiger partial charge >= 0.3 is 0 Å². The monoisotopic (exact) mass is 222 g/mol. The third-order valence-electron chi connectivity index (χ3n) is 2.39. The highest BCUT2D eigenvalue weighted by Gasteiger charge is 2.15. The second-order valence-corrected chi connectivity index (χ2v) is 3.92. The van der Waals surface area contributed by atoms with Crippen molar-refractivity contribution in [3.05, 3.63) is 28.8 Å². The molecule has 0 amide bonds. The SMILES string of the molecule is N#Cc1ccc(NC2CCOC2)cc1Cl. The molecule has 2 rings (SSSR count). The van der Waals surface area contributed by atoms with E-state index in [9.17, 15) is 0 Å². The van der Waals surface area contributed by atoms with Gasteiger partial charge in [-0.05, 0) is 24.6 Å². The van der Waals surface area contributed by atoms with Gasteiger partial charge < -0.3 is 10.1 Å². The number of nitrogens with one attached hydrogen (secondary N) is 1. The first-order valence-corrected chi connectivity index (χ1v) is 5.21. The number of anilines is 1. The molecule has 0 saturated carbocycles. The standard InChI is InChI=1S/C11H11ClN2O/c12-11-5-9(2-1-8(11)6-13)14-10-3-4-15-7-10/h1-2,5,10,14H,3-4,7H2. The van der Waals surface area contributed by atoms with Crippen LogP contribution in [0.15, 0.2) is 18.2 Å². The van der Waals surface area contributed by atoms with Crippen molar-refractivity contribution in [2.75, 3.05) is 18.5 Å². The molecule has 0 radical (unpaired) electrons. The number of halogens is 1. The minimum absolute atomic E-state index is 0.356. The summed E-state index contributed by atoms with van der Waals surface area (Å²) in [6.45, 7) is 1.54. The molecule has 0 spiro atoms. The fourth-order valence-electron chi connectivity index (χ4n) is 1.58. The van der Waals surface area contributed by atoms with E-state index in [0.717, 1.165) is 25.3 Å². The van der Waals surface area contributed by atoms with Crippen molar-refractivity contribution in [3.63, 3.8) is 0 Å². The van der Waals surface area contributed by atoms with Gasteiger partial charge in [0, 0.05) is 12.3 Å². The number of rotatable bonds is 2. The van der Waals surface area contributed by atoms with E-state index in [4.69, 9.17) is 21.6 Å². The highest BCUT2D eigenvalue weighted by atomic mass is 35.5. The number of nitrogens with zero attached hydrogens (tertiary/aromatic N) is 1. The number of benzene rings is 1. The van der Waals surface area contributed by atoms with E-state index in [2.05, 4.69) is 5.32 Å². The highest BCUT2D eigenvalue weighted by molar-refractivity contribution is 6.32. The maximum Gasteiger partial charge on any atom is 0.101 e. The largest absolute Gasteiger partial charge is 0.380 e. The molecule has 1 aromatic rings. The van der Waals surface area contributed by atoms with Gasteiger partial charge in [-0.2, -0.15) is 5.26 Å². The Labute approximate surface area is 93.6 Å². The molecule has 0 bridgehead atoms. The quantitative estimate of drug-likeness (QED) is 0.836. The van der Waals surface area contributed by atoms with Crippen LogP contribution in [-0.2, 0) is 4.74 Å². The smallest absolute Gasteiger partial charge is 0.101 e. The molecule has 0 aliphatic carbocycles. The average Bonchev–Trinajstić information content (AvgIpc) is 2.71. The molecule has 3 nitrogen and oxygen atoms in total. The zero-order chi connectivity index (χ0) is 10.7. The van der Waals surface area contributed by atoms with Gasteiger partial charge in [0.15, 0.2) is 0 Å². The Morgan fingerprint density at radius 3 is 3.00 bits per heavy atom. The Bertz CT molecular complexity index is 394. The third-order valence-corrected chi connectivity index (χ3v) is 2.70. The second-order valence-electron chi connectivity index (χ2n) is 3.51. The van der Waals surface area contributed by atoms with Crippen LogP contribution < -0.4 is 5.32 Å². The summed E-state index contributed by atoms with van der Waals surface area (Å²) in [6, 6.07) is 7.75. The predicted octanol–water partition coefficient (Wildman–Crippen LogP) is 2.41. The molecule has 1 fully saturated rings. The Morgan fingerprint density at radius 1 is 1.53 bits per heavy atom. The summed E-state index contributed by atoms with van der Waals surface area (Å²) in [5.74, 6) is 0. The number of nitriles is 1. The van der Waals surface area contributed by atoms with Crippen LogP contribution in [0.25, 0.3) is 0 Å². The highest BCUT2D eigenvalue weighted by Crippen LogP contribution is 2.21. The first-order chi connectivity index (χ1) is 7.29. The van der Waals surface area contributed by atoms with E-state index in [1.54, 1.807) is 12.1 Å². The Kier molecular flexibility index (Phi) is 3.10. The molecule has 1 aliphatic heterocycles. The molecule has 15 heavy (non-hydrogen) atoms. The molecule has 4 heteroatoms. The maximum absolute atomic E-state index is 8.72. The zero-order valence-electron chi connectivity index (χ0n) is 8.16. The summed E-state index contributed by atoms with van der Waals surface area (Å²) in [5.41, 5.74) is 1.44. The summed E-state index contributed by atoms with van der Waals surface area (Å²) < 4.78 is 5.26. The lowest BCUT2D eigenvalue weighted by Gasteiger charge is -2.12. The number of hydrogen-bond acceptors (Lipinski definition) is 3. The maximum atomic E-state index is 8.72. The molecule has 1 aromatic carbocycles. The number of hydrogen-bond donors (Lipinski definition) is 1. The fraction of sp³-hybridized carbons (Fsp3) is 0.364. The predicted molar refractivity (Wildman–Crippen MR) is 59.0 cm³/mol. The first kappa shape index (κ1) is 10.3. The molecule has 1 atom stereocenters. The molecule has 0 aromatic heterocycles. The molecular weight excluding hydrogens is 212 g/mol. The lowest BCUT2D eigenvalue weighted by atomic mass is 10.2. The van der Waals surface area contributed by atoms with Gasteiger partial charge in [0.2, 0.25) is 0 Å². The van der Waals surface area contributed by atoms with Crippen molar-refractivity contribution >= 4 is 17.3 Å². The van der Waals surface area contributed by atoms with Crippen LogP contribution in [0.5, 0.6) is 0 Å². The van der Waals surface area contributed by atoms with Crippen LogP contribution in [-0.4, -0.2) is 19.3 Å². The molecule has 1 saturated heterocycles. The van der Waals surface area contributed by atoms with Gasteiger partial charge in [0.1, 0.15) is 6.07 Å². The summed E-state index contributed by atoms with van der Waals surface area (Å²) in [7, 11) is 0.